The molecule has 0 saturated carbocycles. The van der Waals surface area contributed by atoms with Crippen molar-refractivity contribution in [2.75, 3.05) is 20.3 Å². The molecule has 0 bridgehead atoms. The highest BCUT2D eigenvalue weighted by molar-refractivity contribution is 5.80. The van der Waals surface area contributed by atoms with Crippen LogP contribution in [0.4, 0.5) is 13.2 Å². The van der Waals surface area contributed by atoms with Crippen molar-refractivity contribution in [1.29, 1.82) is 0 Å². The molecule has 0 unspecified atom stereocenters. The summed E-state index contributed by atoms with van der Waals surface area (Å²) in [6.07, 6.45) is 1.16. The van der Waals surface area contributed by atoms with Crippen molar-refractivity contribution >= 4 is 16.7 Å². The zero-order valence-corrected chi connectivity index (χ0v) is 16.6. The third-order valence-corrected chi connectivity index (χ3v) is 3.51. The first-order valence-electron chi connectivity index (χ1n) is 9.00. The summed E-state index contributed by atoms with van der Waals surface area (Å²) in [5, 5.41) is 0. The molecule has 0 N–H and O–H groups in total. The molecule has 0 aliphatic carbocycles. The SMILES string of the molecule is C=C/C=C(\C(=C/C)OCCCOC)c1nc2cc(C(F)(F)F)ccc2o1.CC. The predicted octanol–water partition coefficient (Wildman–Crippen LogP) is 6.40. The van der Waals surface area contributed by atoms with Crippen LogP contribution in [0.5, 0.6) is 0 Å². The maximum atomic E-state index is 12.9. The standard InChI is InChI=1S/C19H20F3NO3.C2H6/c1-4-7-14(16(5-2)25-11-6-10-24-3)18-23-15-12-13(19(20,21)22)8-9-17(15)26-18;1-2/h4-5,7-9,12H,1,6,10-11H2,2-3H3;1-2H3/b14-7+,16-5+;. The molecule has 28 heavy (non-hydrogen) atoms. The number of hydrogen-bond acceptors (Lipinski definition) is 4. The number of benzene rings is 1. The molecule has 0 spiro atoms. The Hall–Kier alpha value is -2.54. The number of fused-ring (bicyclic) bond motifs is 1. The van der Waals surface area contributed by atoms with E-state index in [1.807, 2.05) is 13.8 Å². The number of aromatic nitrogens is 1. The third-order valence-electron chi connectivity index (χ3n) is 3.51. The lowest BCUT2D eigenvalue weighted by Gasteiger charge is -2.11. The average molecular weight is 397 g/mol. The fourth-order valence-electron chi connectivity index (χ4n) is 2.30. The van der Waals surface area contributed by atoms with Crippen molar-refractivity contribution in [3.63, 3.8) is 0 Å². The Kier molecular flexibility index (Phi) is 9.51. The van der Waals surface area contributed by atoms with Gasteiger partial charge >= 0.3 is 6.18 Å². The van der Waals surface area contributed by atoms with Crippen LogP contribution >= 0.6 is 0 Å². The molecule has 0 fully saturated rings. The van der Waals surface area contributed by atoms with Gasteiger partial charge in [0.25, 0.3) is 0 Å². The highest BCUT2D eigenvalue weighted by atomic mass is 19.4. The Balaban J connectivity index is 0.00000190. The van der Waals surface area contributed by atoms with Crippen LogP contribution in [0.15, 0.2) is 53.2 Å². The number of ether oxygens (including phenoxy) is 2. The topological polar surface area (TPSA) is 44.5 Å². The Labute approximate surface area is 163 Å². The van der Waals surface area contributed by atoms with Gasteiger partial charge in [-0.2, -0.15) is 13.2 Å². The van der Waals surface area contributed by atoms with Crippen LogP contribution < -0.4 is 0 Å². The van der Waals surface area contributed by atoms with Gasteiger partial charge in [0.1, 0.15) is 11.3 Å². The summed E-state index contributed by atoms with van der Waals surface area (Å²) in [5.74, 6) is 0.669. The monoisotopic (exact) mass is 397 g/mol. The van der Waals surface area contributed by atoms with E-state index in [0.29, 0.717) is 31.0 Å². The van der Waals surface area contributed by atoms with Gasteiger partial charge in [-0.1, -0.05) is 26.5 Å². The van der Waals surface area contributed by atoms with Crippen LogP contribution in [0.1, 0.15) is 38.6 Å². The second-order valence-electron chi connectivity index (χ2n) is 5.36. The van der Waals surface area contributed by atoms with E-state index < -0.39 is 11.7 Å². The molecule has 0 atom stereocenters. The quantitative estimate of drug-likeness (QED) is 0.294. The number of alkyl halides is 3. The summed E-state index contributed by atoms with van der Waals surface area (Å²) in [4.78, 5) is 4.19. The minimum atomic E-state index is -4.44. The molecule has 0 amide bonds. The molecule has 2 rings (SSSR count). The van der Waals surface area contributed by atoms with E-state index in [4.69, 9.17) is 13.9 Å². The van der Waals surface area contributed by atoms with E-state index in [2.05, 4.69) is 11.6 Å². The van der Waals surface area contributed by atoms with Gasteiger partial charge in [-0.15, -0.1) is 0 Å². The van der Waals surface area contributed by atoms with E-state index in [9.17, 15) is 13.2 Å². The number of methoxy groups -OCH3 is 1. The van der Waals surface area contributed by atoms with Crippen molar-refractivity contribution in [3.05, 3.63) is 60.2 Å². The number of hydrogen-bond donors (Lipinski definition) is 0. The molecule has 2 aromatic rings. The normalized spacial score (nSPS) is 12.5. The second-order valence-corrected chi connectivity index (χ2v) is 5.36. The summed E-state index contributed by atoms with van der Waals surface area (Å²) >= 11 is 0. The number of nitrogens with zero attached hydrogens (tertiary/aromatic N) is 1. The number of rotatable bonds is 8. The summed E-state index contributed by atoms with van der Waals surface area (Å²) < 4.78 is 54.9. The van der Waals surface area contributed by atoms with Gasteiger partial charge in [-0.3, -0.25) is 0 Å². The lowest BCUT2D eigenvalue weighted by atomic mass is 10.2. The molecular weight excluding hydrogens is 371 g/mol. The lowest BCUT2D eigenvalue weighted by Crippen LogP contribution is -2.04. The van der Waals surface area contributed by atoms with Gasteiger partial charge in [0.2, 0.25) is 5.89 Å². The first-order valence-corrected chi connectivity index (χ1v) is 9.00. The van der Waals surface area contributed by atoms with Gasteiger partial charge in [0.05, 0.1) is 17.7 Å². The van der Waals surface area contributed by atoms with Crippen molar-refractivity contribution in [2.24, 2.45) is 0 Å². The number of oxazole rings is 1. The summed E-state index contributed by atoms with van der Waals surface area (Å²) in [5.41, 5.74) is 0.114. The largest absolute Gasteiger partial charge is 0.493 e. The van der Waals surface area contributed by atoms with E-state index in [1.165, 1.54) is 12.1 Å². The predicted molar refractivity (Wildman–Crippen MR) is 105 cm³/mol. The van der Waals surface area contributed by atoms with Gasteiger partial charge < -0.3 is 13.9 Å². The molecule has 0 saturated heterocycles. The molecule has 0 radical (unpaired) electrons. The van der Waals surface area contributed by atoms with Crippen LogP contribution in [0.25, 0.3) is 16.7 Å². The number of allylic oxidation sites excluding steroid dienone is 4. The van der Waals surface area contributed by atoms with Crippen LogP contribution in [0, 0.1) is 0 Å². The van der Waals surface area contributed by atoms with Gasteiger partial charge in [-0.05, 0) is 37.3 Å². The smallest absolute Gasteiger partial charge is 0.416 e. The molecule has 0 aliphatic heterocycles. The molecule has 1 aromatic carbocycles. The average Bonchev–Trinajstić information content (AvgIpc) is 3.10. The zero-order chi connectivity index (χ0) is 21.2. The molecule has 154 valence electrons. The fraction of sp³-hybridized carbons (Fsp3) is 0.381. The first kappa shape index (κ1) is 23.5. The van der Waals surface area contributed by atoms with Gasteiger partial charge in [0.15, 0.2) is 5.58 Å². The van der Waals surface area contributed by atoms with Gasteiger partial charge in [-0.25, -0.2) is 4.98 Å². The third kappa shape index (κ3) is 6.27. The van der Waals surface area contributed by atoms with Crippen LogP contribution in [0.2, 0.25) is 0 Å². The molecule has 1 heterocycles. The van der Waals surface area contributed by atoms with Gasteiger partial charge in [0, 0.05) is 20.1 Å². The summed E-state index contributed by atoms with van der Waals surface area (Å²) in [7, 11) is 1.60. The summed E-state index contributed by atoms with van der Waals surface area (Å²) in [6, 6.07) is 3.18. The lowest BCUT2D eigenvalue weighted by molar-refractivity contribution is -0.137. The second kappa shape index (κ2) is 11.3. The molecular formula is C21H26F3NO3. The van der Waals surface area contributed by atoms with E-state index >= 15 is 0 Å². The van der Waals surface area contributed by atoms with Crippen LogP contribution in [-0.2, 0) is 15.7 Å². The minimum Gasteiger partial charge on any atom is -0.493 e. The molecule has 1 aromatic heterocycles. The highest BCUT2D eigenvalue weighted by Gasteiger charge is 2.31. The molecule has 7 heteroatoms. The minimum absolute atomic E-state index is 0.125. The van der Waals surface area contributed by atoms with E-state index in [0.717, 1.165) is 12.1 Å². The van der Waals surface area contributed by atoms with Crippen molar-refractivity contribution in [1.82, 2.24) is 4.98 Å². The Morgan fingerprint density at radius 2 is 1.96 bits per heavy atom. The maximum absolute atomic E-state index is 12.9. The highest BCUT2D eigenvalue weighted by Crippen LogP contribution is 2.33. The zero-order valence-electron chi connectivity index (χ0n) is 16.6. The van der Waals surface area contributed by atoms with Crippen LogP contribution in [-0.4, -0.2) is 25.3 Å². The van der Waals surface area contributed by atoms with E-state index in [-0.39, 0.29) is 17.0 Å². The number of halogens is 3. The fourth-order valence-corrected chi connectivity index (χ4v) is 2.30. The van der Waals surface area contributed by atoms with Crippen molar-refractivity contribution < 1.29 is 27.1 Å². The maximum Gasteiger partial charge on any atom is 0.416 e. The van der Waals surface area contributed by atoms with E-state index in [1.54, 1.807) is 26.2 Å². The van der Waals surface area contributed by atoms with Crippen LogP contribution in [0.3, 0.4) is 0 Å². The Morgan fingerprint density at radius 1 is 1.25 bits per heavy atom. The Bertz CT molecular complexity index is 820. The summed E-state index contributed by atoms with van der Waals surface area (Å²) in [6.45, 7) is 10.4. The molecule has 4 nitrogen and oxygen atoms in total. The van der Waals surface area contributed by atoms with Crippen molar-refractivity contribution in [3.8, 4) is 0 Å². The Morgan fingerprint density at radius 3 is 2.54 bits per heavy atom. The molecule has 0 aliphatic rings. The van der Waals surface area contributed by atoms with Crippen molar-refractivity contribution in [2.45, 2.75) is 33.4 Å². The first-order chi connectivity index (χ1) is 13.4.